The van der Waals surface area contributed by atoms with Gasteiger partial charge in [0.1, 0.15) is 12.6 Å². The number of aliphatic carboxylic acids is 1. The predicted molar refractivity (Wildman–Crippen MR) is 133 cm³/mol. The van der Waals surface area contributed by atoms with Crippen LogP contribution in [0, 0.1) is 5.92 Å². The van der Waals surface area contributed by atoms with Crippen molar-refractivity contribution >= 4 is 18.0 Å². The molecule has 1 saturated heterocycles. The van der Waals surface area contributed by atoms with Crippen LogP contribution in [0.25, 0.3) is 11.1 Å². The third-order valence-corrected chi connectivity index (χ3v) is 7.18. The molecule has 0 bridgehead atoms. The minimum atomic E-state index is -1.00. The molecule has 2 atom stereocenters. The first-order valence-corrected chi connectivity index (χ1v) is 12.5. The molecule has 7 heteroatoms. The number of nitrogens with zero attached hydrogens (tertiary/aromatic N) is 1. The SMILES string of the molecule is CC(C)C1CCCCN1C(=O)C(CCC(=O)O)NC(=O)OCC1c2ccccc2-c2ccccc21. The molecule has 35 heavy (non-hydrogen) atoms. The van der Waals surface area contributed by atoms with E-state index < -0.39 is 18.1 Å². The zero-order chi connectivity index (χ0) is 24.9. The van der Waals surface area contributed by atoms with Crippen molar-refractivity contribution in [1.29, 1.82) is 0 Å². The summed E-state index contributed by atoms with van der Waals surface area (Å²) in [5, 5.41) is 11.9. The molecule has 186 valence electrons. The molecule has 0 aromatic heterocycles. The van der Waals surface area contributed by atoms with Gasteiger partial charge >= 0.3 is 12.1 Å². The number of carboxylic acids is 1. The molecular weight excluding hydrogens is 444 g/mol. The number of rotatable bonds is 8. The molecule has 7 nitrogen and oxygen atoms in total. The summed E-state index contributed by atoms with van der Waals surface area (Å²) in [6.07, 6.45) is 2.01. The minimum Gasteiger partial charge on any atom is -0.481 e. The molecule has 0 spiro atoms. The molecule has 1 fully saturated rings. The van der Waals surface area contributed by atoms with Crippen molar-refractivity contribution in [2.75, 3.05) is 13.2 Å². The van der Waals surface area contributed by atoms with Gasteiger partial charge < -0.3 is 20.1 Å². The van der Waals surface area contributed by atoms with Crippen LogP contribution in [0.3, 0.4) is 0 Å². The van der Waals surface area contributed by atoms with Crippen LogP contribution in [0.1, 0.15) is 63.0 Å². The van der Waals surface area contributed by atoms with Crippen molar-refractivity contribution in [1.82, 2.24) is 10.2 Å². The Morgan fingerprint density at radius 1 is 1.03 bits per heavy atom. The molecule has 2 aliphatic rings. The van der Waals surface area contributed by atoms with E-state index in [1.807, 2.05) is 41.3 Å². The standard InChI is InChI=1S/C28H34N2O5/c1-18(2)25-13-7-8-16-30(25)27(33)24(14-15-26(31)32)29-28(34)35-17-23-21-11-5-3-9-19(21)20-10-4-6-12-22(20)23/h3-6,9-12,18,23-25H,7-8,13-17H2,1-2H3,(H,29,34)(H,31,32). The summed E-state index contributed by atoms with van der Waals surface area (Å²) in [7, 11) is 0. The van der Waals surface area contributed by atoms with E-state index >= 15 is 0 Å². The summed E-state index contributed by atoms with van der Waals surface area (Å²) in [6, 6.07) is 15.3. The molecule has 2 N–H and O–H groups in total. The predicted octanol–water partition coefficient (Wildman–Crippen LogP) is 4.80. The van der Waals surface area contributed by atoms with E-state index in [1.165, 1.54) is 0 Å². The Hall–Kier alpha value is -3.35. The quantitative estimate of drug-likeness (QED) is 0.568. The summed E-state index contributed by atoms with van der Waals surface area (Å²) < 4.78 is 5.62. The highest BCUT2D eigenvalue weighted by molar-refractivity contribution is 5.86. The minimum absolute atomic E-state index is 0.0275. The summed E-state index contributed by atoms with van der Waals surface area (Å²) in [6.45, 7) is 4.93. The lowest BCUT2D eigenvalue weighted by atomic mass is 9.92. The van der Waals surface area contributed by atoms with Gasteiger partial charge in [0.05, 0.1) is 0 Å². The number of nitrogens with one attached hydrogen (secondary N) is 1. The van der Waals surface area contributed by atoms with Gasteiger partial charge in [0, 0.05) is 24.9 Å². The third kappa shape index (κ3) is 5.50. The van der Waals surface area contributed by atoms with E-state index in [1.54, 1.807) is 0 Å². The zero-order valence-corrected chi connectivity index (χ0v) is 20.4. The molecular formula is C28H34N2O5. The van der Waals surface area contributed by atoms with E-state index in [9.17, 15) is 19.5 Å². The first kappa shape index (κ1) is 24.8. The Bertz CT molecular complexity index is 1040. The van der Waals surface area contributed by atoms with E-state index in [2.05, 4.69) is 31.3 Å². The fourth-order valence-electron chi connectivity index (χ4n) is 5.43. The van der Waals surface area contributed by atoms with E-state index in [0.717, 1.165) is 41.5 Å². The fraction of sp³-hybridized carbons (Fsp3) is 0.464. The number of ether oxygens (including phenoxy) is 1. The number of fused-ring (bicyclic) bond motifs is 3. The highest BCUT2D eigenvalue weighted by Gasteiger charge is 2.35. The van der Waals surface area contributed by atoms with Crippen LogP contribution in [-0.4, -0.2) is 53.2 Å². The highest BCUT2D eigenvalue weighted by atomic mass is 16.5. The number of carbonyl (C=O) groups is 3. The maximum absolute atomic E-state index is 13.4. The number of carboxylic acid groups (broad SMARTS) is 1. The molecule has 1 aliphatic heterocycles. The number of hydrogen-bond acceptors (Lipinski definition) is 4. The van der Waals surface area contributed by atoms with E-state index in [0.29, 0.717) is 6.54 Å². The number of alkyl carbamates (subject to hydrolysis) is 1. The van der Waals surface area contributed by atoms with Crippen LogP contribution in [-0.2, 0) is 14.3 Å². The van der Waals surface area contributed by atoms with Crippen molar-refractivity contribution in [2.24, 2.45) is 5.92 Å². The van der Waals surface area contributed by atoms with E-state index in [-0.39, 0.29) is 43.2 Å². The Morgan fingerprint density at radius 2 is 1.66 bits per heavy atom. The van der Waals surface area contributed by atoms with Crippen molar-refractivity contribution in [3.8, 4) is 11.1 Å². The van der Waals surface area contributed by atoms with Crippen LogP contribution in [0.2, 0.25) is 0 Å². The smallest absolute Gasteiger partial charge is 0.407 e. The van der Waals surface area contributed by atoms with Crippen molar-refractivity contribution in [3.05, 3.63) is 59.7 Å². The van der Waals surface area contributed by atoms with Crippen LogP contribution in [0.15, 0.2) is 48.5 Å². The lowest BCUT2D eigenvalue weighted by Gasteiger charge is -2.40. The maximum atomic E-state index is 13.4. The second-order valence-corrected chi connectivity index (χ2v) is 9.79. The van der Waals surface area contributed by atoms with Gasteiger partial charge in [-0.2, -0.15) is 0 Å². The number of likely N-dealkylation sites (tertiary alicyclic amines) is 1. The van der Waals surface area contributed by atoms with Gasteiger partial charge in [0.25, 0.3) is 0 Å². The third-order valence-electron chi connectivity index (χ3n) is 7.18. The lowest BCUT2D eigenvalue weighted by Crippen LogP contribution is -2.54. The van der Waals surface area contributed by atoms with Crippen LogP contribution in [0.4, 0.5) is 4.79 Å². The van der Waals surface area contributed by atoms with Crippen LogP contribution >= 0.6 is 0 Å². The van der Waals surface area contributed by atoms with Gasteiger partial charge in [-0.3, -0.25) is 9.59 Å². The average Bonchev–Trinajstić information content (AvgIpc) is 3.18. The Labute approximate surface area is 206 Å². The average molecular weight is 479 g/mol. The molecule has 1 heterocycles. The number of piperidine rings is 1. The molecule has 2 amide bonds. The lowest BCUT2D eigenvalue weighted by molar-refractivity contribution is -0.140. The number of amides is 2. The first-order chi connectivity index (χ1) is 16.9. The molecule has 0 saturated carbocycles. The number of carbonyl (C=O) groups excluding carboxylic acids is 2. The number of benzene rings is 2. The second-order valence-electron chi connectivity index (χ2n) is 9.79. The van der Waals surface area contributed by atoms with Gasteiger partial charge in [0.15, 0.2) is 0 Å². The maximum Gasteiger partial charge on any atom is 0.407 e. The van der Waals surface area contributed by atoms with Gasteiger partial charge in [0.2, 0.25) is 5.91 Å². The fourth-order valence-corrected chi connectivity index (χ4v) is 5.43. The van der Waals surface area contributed by atoms with Crippen LogP contribution in [0.5, 0.6) is 0 Å². The molecule has 2 aromatic carbocycles. The van der Waals surface area contributed by atoms with Gasteiger partial charge in [-0.05, 0) is 53.9 Å². The Kier molecular flexibility index (Phi) is 7.73. The second kappa shape index (κ2) is 10.9. The van der Waals surface area contributed by atoms with Gasteiger partial charge in [-0.25, -0.2) is 4.79 Å². The van der Waals surface area contributed by atoms with Crippen molar-refractivity contribution < 1.29 is 24.2 Å². The van der Waals surface area contributed by atoms with Gasteiger partial charge in [-0.15, -0.1) is 0 Å². The first-order valence-electron chi connectivity index (χ1n) is 12.5. The molecule has 0 radical (unpaired) electrons. The summed E-state index contributed by atoms with van der Waals surface area (Å²) >= 11 is 0. The van der Waals surface area contributed by atoms with Crippen molar-refractivity contribution in [2.45, 2.75) is 64.0 Å². The molecule has 2 aromatic rings. The largest absolute Gasteiger partial charge is 0.481 e. The normalized spacial score (nSPS) is 18.0. The highest BCUT2D eigenvalue weighted by Crippen LogP contribution is 2.44. The Morgan fingerprint density at radius 3 is 2.26 bits per heavy atom. The number of hydrogen-bond donors (Lipinski definition) is 2. The van der Waals surface area contributed by atoms with Crippen molar-refractivity contribution in [3.63, 3.8) is 0 Å². The topological polar surface area (TPSA) is 95.9 Å². The Balaban J connectivity index is 1.45. The molecule has 4 rings (SSSR count). The molecule has 2 unspecified atom stereocenters. The van der Waals surface area contributed by atoms with Crippen LogP contribution < -0.4 is 5.32 Å². The molecule has 1 aliphatic carbocycles. The monoisotopic (exact) mass is 478 g/mol. The van der Waals surface area contributed by atoms with E-state index in [4.69, 9.17) is 4.74 Å². The summed E-state index contributed by atoms with van der Waals surface area (Å²) in [4.78, 5) is 39.3. The van der Waals surface area contributed by atoms with Gasteiger partial charge in [-0.1, -0.05) is 62.4 Å². The summed E-state index contributed by atoms with van der Waals surface area (Å²) in [5.41, 5.74) is 4.48. The summed E-state index contributed by atoms with van der Waals surface area (Å²) in [5.74, 6) is -1.03. The zero-order valence-electron chi connectivity index (χ0n) is 20.4.